The van der Waals surface area contributed by atoms with Gasteiger partial charge in [-0.2, -0.15) is 5.26 Å². The highest BCUT2D eigenvalue weighted by molar-refractivity contribution is 5.25. The largest absolute Gasteiger partial charge is 0.293 e. The van der Waals surface area contributed by atoms with Crippen molar-refractivity contribution in [1.29, 1.82) is 5.26 Å². The lowest BCUT2D eigenvalue weighted by molar-refractivity contribution is 0.479. The summed E-state index contributed by atoms with van der Waals surface area (Å²) in [6.45, 7) is 2.11. The Balaban J connectivity index is 1.56. The standard InChI is InChI=1S/C18H18N2/c19-12-17(16-9-5-2-6-10-16)11-18-14-20(18)13-15-7-3-1-4-8-15/h1-10,17-18H,11,13-14H2. The molecule has 2 aromatic rings. The van der Waals surface area contributed by atoms with Gasteiger partial charge in [0.05, 0.1) is 12.0 Å². The third-order valence-corrected chi connectivity index (χ3v) is 3.92. The summed E-state index contributed by atoms with van der Waals surface area (Å²) in [6, 6.07) is 23.6. The van der Waals surface area contributed by atoms with Crippen LogP contribution in [0.1, 0.15) is 23.5 Å². The summed E-state index contributed by atoms with van der Waals surface area (Å²) in [5.74, 6) is 0.0157. The molecule has 0 amide bonds. The van der Waals surface area contributed by atoms with Crippen LogP contribution < -0.4 is 0 Å². The summed E-state index contributed by atoms with van der Waals surface area (Å²) in [4.78, 5) is 2.43. The molecule has 0 spiro atoms. The Morgan fingerprint density at radius 3 is 2.35 bits per heavy atom. The van der Waals surface area contributed by atoms with Crippen LogP contribution in [0.5, 0.6) is 0 Å². The maximum Gasteiger partial charge on any atom is 0.0728 e. The maximum absolute atomic E-state index is 9.36. The van der Waals surface area contributed by atoms with Crippen molar-refractivity contribution in [2.75, 3.05) is 6.54 Å². The molecule has 2 nitrogen and oxygen atoms in total. The highest BCUT2D eigenvalue weighted by Crippen LogP contribution is 2.31. The van der Waals surface area contributed by atoms with Crippen molar-refractivity contribution in [1.82, 2.24) is 4.90 Å². The molecule has 1 saturated heterocycles. The lowest BCUT2D eigenvalue weighted by atomic mass is 9.96. The zero-order valence-electron chi connectivity index (χ0n) is 11.4. The molecule has 1 aliphatic rings. The van der Waals surface area contributed by atoms with E-state index in [0.29, 0.717) is 6.04 Å². The summed E-state index contributed by atoms with van der Waals surface area (Å²) in [7, 11) is 0. The molecule has 0 saturated carbocycles. The van der Waals surface area contributed by atoms with Gasteiger partial charge >= 0.3 is 0 Å². The molecule has 1 aliphatic heterocycles. The molecule has 2 heteroatoms. The van der Waals surface area contributed by atoms with Crippen LogP contribution >= 0.6 is 0 Å². The van der Waals surface area contributed by atoms with E-state index in [2.05, 4.69) is 47.4 Å². The summed E-state index contributed by atoms with van der Waals surface area (Å²) >= 11 is 0. The number of rotatable bonds is 5. The Hall–Kier alpha value is -2.11. The highest BCUT2D eigenvalue weighted by atomic mass is 15.3. The molecule has 0 aliphatic carbocycles. The third kappa shape index (κ3) is 3.07. The molecule has 3 atom stereocenters. The number of hydrogen-bond donors (Lipinski definition) is 0. The number of benzene rings is 2. The molecule has 1 heterocycles. The minimum absolute atomic E-state index is 0.0157. The zero-order chi connectivity index (χ0) is 13.8. The molecule has 100 valence electrons. The van der Waals surface area contributed by atoms with Gasteiger partial charge in [0.25, 0.3) is 0 Å². The second-order valence-corrected chi connectivity index (χ2v) is 5.40. The van der Waals surface area contributed by atoms with E-state index < -0.39 is 0 Å². The van der Waals surface area contributed by atoms with Gasteiger partial charge in [-0.3, -0.25) is 4.90 Å². The smallest absolute Gasteiger partial charge is 0.0728 e. The minimum atomic E-state index is 0.0157. The molecule has 20 heavy (non-hydrogen) atoms. The Morgan fingerprint density at radius 1 is 1.05 bits per heavy atom. The molecule has 0 bridgehead atoms. The van der Waals surface area contributed by atoms with E-state index >= 15 is 0 Å². The molecular weight excluding hydrogens is 244 g/mol. The first-order valence-corrected chi connectivity index (χ1v) is 7.09. The van der Waals surface area contributed by atoms with Gasteiger partial charge < -0.3 is 0 Å². The molecule has 2 aromatic carbocycles. The highest BCUT2D eigenvalue weighted by Gasteiger charge is 2.35. The normalized spacial score (nSPS) is 21.9. The van der Waals surface area contributed by atoms with Crippen LogP contribution in [0.15, 0.2) is 60.7 Å². The number of nitriles is 1. The SMILES string of the molecule is N#CC(CC1CN1Cc1ccccc1)c1ccccc1. The second kappa shape index (κ2) is 5.90. The van der Waals surface area contributed by atoms with Gasteiger partial charge in [0.15, 0.2) is 0 Å². The predicted molar refractivity (Wildman–Crippen MR) is 80.1 cm³/mol. The topological polar surface area (TPSA) is 26.8 Å². The van der Waals surface area contributed by atoms with Crippen molar-refractivity contribution in [2.45, 2.75) is 24.9 Å². The van der Waals surface area contributed by atoms with Gasteiger partial charge in [-0.25, -0.2) is 0 Å². The molecular formula is C18H18N2. The van der Waals surface area contributed by atoms with E-state index in [1.54, 1.807) is 0 Å². The van der Waals surface area contributed by atoms with Crippen molar-refractivity contribution in [2.24, 2.45) is 0 Å². The van der Waals surface area contributed by atoms with Crippen molar-refractivity contribution in [3.63, 3.8) is 0 Å². The third-order valence-electron chi connectivity index (χ3n) is 3.92. The number of nitrogens with zero attached hydrogens (tertiary/aromatic N) is 2. The first-order valence-electron chi connectivity index (χ1n) is 7.09. The number of hydrogen-bond acceptors (Lipinski definition) is 2. The van der Waals surface area contributed by atoms with Crippen LogP contribution in [0.25, 0.3) is 0 Å². The average molecular weight is 262 g/mol. The van der Waals surface area contributed by atoms with E-state index in [1.807, 2.05) is 24.3 Å². The maximum atomic E-state index is 9.36. The van der Waals surface area contributed by atoms with E-state index in [9.17, 15) is 5.26 Å². The van der Waals surface area contributed by atoms with Gasteiger partial charge in [-0.05, 0) is 17.5 Å². The Labute approximate surface area is 120 Å². The van der Waals surface area contributed by atoms with Crippen LogP contribution in [-0.4, -0.2) is 17.5 Å². The summed E-state index contributed by atoms with van der Waals surface area (Å²) < 4.78 is 0. The van der Waals surface area contributed by atoms with E-state index in [-0.39, 0.29) is 5.92 Å². The Morgan fingerprint density at radius 2 is 1.70 bits per heavy atom. The Bertz CT molecular complexity index is 586. The fourth-order valence-corrected chi connectivity index (χ4v) is 2.68. The molecule has 0 radical (unpaired) electrons. The van der Waals surface area contributed by atoms with Crippen LogP contribution in [0.4, 0.5) is 0 Å². The van der Waals surface area contributed by atoms with Crippen molar-refractivity contribution in [3.05, 3.63) is 71.8 Å². The first-order chi connectivity index (χ1) is 9.86. The molecule has 0 N–H and O–H groups in total. The van der Waals surface area contributed by atoms with E-state index in [1.165, 1.54) is 5.56 Å². The molecule has 0 aromatic heterocycles. The monoisotopic (exact) mass is 262 g/mol. The second-order valence-electron chi connectivity index (χ2n) is 5.40. The average Bonchev–Trinajstić information content (AvgIpc) is 3.24. The predicted octanol–water partition coefficient (Wildman–Crippen LogP) is 3.57. The van der Waals surface area contributed by atoms with Crippen LogP contribution in [-0.2, 0) is 6.54 Å². The fourth-order valence-electron chi connectivity index (χ4n) is 2.68. The lowest BCUT2D eigenvalue weighted by Crippen LogP contribution is -2.06. The first kappa shape index (κ1) is 12.9. The summed E-state index contributed by atoms with van der Waals surface area (Å²) in [5.41, 5.74) is 2.49. The molecule has 1 fully saturated rings. The lowest BCUT2D eigenvalue weighted by Gasteiger charge is -2.09. The van der Waals surface area contributed by atoms with Crippen molar-refractivity contribution >= 4 is 0 Å². The van der Waals surface area contributed by atoms with Crippen molar-refractivity contribution < 1.29 is 0 Å². The van der Waals surface area contributed by atoms with Crippen LogP contribution in [0.3, 0.4) is 0 Å². The minimum Gasteiger partial charge on any atom is -0.293 e. The quantitative estimate of drug-likeness (QED) is 0.770. The van der Waals surface area contributed by atoms with Gasteiger partial charge in [0.1, 0.15) is 0 Å². The molecule has 3 unspecified atom stereocenters. The fraction of sp³-hybridized carbons (Fsp3) is 0.278. The van der Waals surface area contributed by atoms with Gasteiger partial charge in [0, 0.05) is 19.1 Å². The van der Waals surface area contributed by atoms with Crippen LogP contribution in [0, 0.1) is 11.3 Å². The Kier molecular flexibility index (Phi) is 3.80. The van der Waals surface area contributed by atoms with E-state index in [0.717, 1.165) is 25.1 Å². The molecule has 3 rings (SSSR count). The van der Waals surface area contributed by atoms with Crippen LogP contribution in [0.2, 0.25) is 0 Å². The zero-order valence-corrected chi connectivity index (χ0v) is 11.4. The van der Waals surface area contributed by atoms with Gasteiger partial charge in [0.2, 0.25) is 0 Å². The summed E-state index contributed by atoms with van der Waals surface area (Å²) in [5, 5.41) is 9.36. The van der Waals surface area contributed by atoms with E-state index in [4.69, 9.17) is 0 Å². The van der Waals surface area contributed by atoms with Crippen molar-refractivity contribution in [3.8, 4) is 6.07 Å². The summed E-state index contributed by atoms with van der Waals surface area (Å²) in [6.07, 6.45) is 0.938. The van der Waals surface area contributed by atoms with Gasteiger partial charge in [-0.15, -0.1) is 0 Å². The van der Waals surface area contributed by atoms with Gasteiger partial charge in [-0.1, -0.05) is 60.7 Å².